The van der Waals surface area contributed by atoms with Gasteiger partial charge in [-0.1, -0.05) is 12.1 Å². The van der Waals surface area contributed by atoms with E-state index in [9.17, 15) is 0 Å². The Kier molecular flexibility index (Phi) is 3.61. The Balaban J connectivity index is 1.55. The van der Waals surface area contributed by atoms with Crippen molar-refractivity contribution in [3.63, 3.8) is 0 Å². The second-order valence-corrected chi connectivity index (χ2v) is 7.39. The average Bonchev–Trinajstić information content (AvgIpc) is 3.20. The van der Waals surface area contributed by atoms with Gasteiger partial charge in [0, 0.05) is 6.54 Å². The molecule has 4 rings (SSSR count). The molecule has 0 radical (unpaired) electrons. The van der Waals surface area contributed by atoms with Gasteiger partial charge in [-0.05, 0) is 53.2 Å². The highest BCUT2D eigenvalue weighted by molar-refractivity contribution is 9.10. The lowest BCUT2D eigenvalue weighted by Crippen LogP contribution is -2.46. The van der Waals surface area contributed by atoms with Gasteiger partial charge in [-0.25, -0.2) is 4.68 Å². The van der Waals surface area contributed by atoms with E-state index in [1.165, 1.54) is 12.8 Å². The van der Waals surface area contributed by atoms with Crippen molar-refractivity contribution in [3.05, 3.63) is 16.6 Å². The first-order valence-corrected chi connectivity index (χ1v) is 8.72. The highest BCUT2D eigenvalue weighted by Crippen LogP contribution is 2.37. The van der Waals surface area contributed by atoms with Gasteiger partial charge in [0.25, 0.3) is 0 Å². The van der Waals surface area contributed by atoms with E-state index in [0.29, 0.717) is 6.61 Å². The predicted molar refractivity (Wildman–Crippen MR) is 87.0 cm³/mol. The van der Waals surface area contributed by atoms with Gasteiger partial charge in [-0.2, -0.15) is 0 Å². The number of hydrogen-bond donors (Lipinski definition) is 0. The number of hydrogen-bond acceptors (Lipinski definition) is 4. The van der Waals surface area contributed by atoms with Crippen molar-refractivity contribution >= 4 is 27.0 Å². The van der Waals surface area contributed by atoms with Crippen LogP contribution in [0.2, 0.25) is 0 Å². The van der Waals surface area contributed by atoms with Crippen LogP contribution in [0.4, 0.5) is 0 Å². The van der Waals surface area contributed by atoms with E-state index in [1.54, 1.807) is 0 Å². The zero-order chi connectivity index (χ0) is 15.2. The Morgan fingerprint density at radius 3 is 2.86 bits per heavy atom. The quantitative estimate of drug-likeness (QED) is 0.786. The van der Waals surface area contributed by atoms with E-state index in [1.807, 2.05) is 10.7 Å². The van der Waals surface area contributed by atoms with Gasteiger partial charge in [-0.3, -0.25) is 0 Å². The van der Waals surface area contributed by atoms with Crippen LogP contribution in [-0.4, -0.2) is 34.8 Å². The van der Waals surface area contributed by atoms with Crippen LogP contribution in [0.25, 0.3) is 11.0 Å². The van der Waals surface area contributed by atoms with E-state index >= 15 is 0 Å². The Labute approximate surface area is 138 Å². The van der Waals surface area contributed by atoms with Crippen molar-refractivity contribution in [1.29, 1.82) is 0 Å². The highest BCUT2D eigenvalue weighted by atomic mass is 79.9. The smallest absolute Gasteiger partial charge is 0.135 e. The maximum Gasteiger partial charge on any atom is 0.135 e. The van der Waals surface area contributed by atoms with Crippen LogP contribution in [0.1, 0.15) is 26.2 Å². The minimum Gasteiger partial charge on any atom is -0.492 e. The summed E-state index contributed by atoms with van der Waals surface area (Å²) in [5.41, 5.74) is 2.13. The van der Waals surface area contributed by atoms with Crippen LogP contribution in [0.5, 0.6) is 5.75 Å². The molecule has 1 aromatic heterocycles. The molecule has 1 saturated carbocycles. The second kappa shape index (κ2) is 5.49. The molecular weight excluding hydrogens is 346 g/mol. The largest absolute Gasteiger partial charge is 0.492 e. The third-order valence-electron chi connectivity index (χ3n) is 4.82. The lowest BCUT2D eigenvalue weighted by molar-refractivity contribution is -0.133. The summed E-state index contributed by atoms with van der Waals surface area (Å²) in [6.45, 7) is 5.43. The van der Waals surface area contributed by atoms with Crippen molar-refractivity contribution in [2.45, 2.75) is 32.7 Å². The topological polar surface area (TPSA) is 49.2 Å². The first kappa shape index (κ1) is 14.5. The molecule has 1 saturated heterocycles. The maximum absolute atomic E-state index is 6.04. The molecule has 2 fully saturated rings. The van der Waals surface area contributed by atoms with Crippen LogP contribution < -0.4 is 4.74 Å². The number of rotatable bonds is 6. The molecule has 0 unspecified atom stereocenters. The lowest BCUT2D eigenvalue weighted by Gasteiger charge is -2.40. The number of nitrogens with zero attached hydrogens (tertiary/aromatic N) is 3. The molecule has 22 heavy (non-hydrogen) atoms. The fraction of sp³-hybridized carbons (Fsp3) is 0.625. The molecular formula is C16H20BrN3O2. The average molecular weight is 366 g/mol. The minimum absolute atomic E-state index is 0.179. The van der Waals surface area contributed by atoms with Crippen molar-refractivity contribution in [2.75, 3.05) is 19.8 Å². The molecule has 0 spiro atoms. The minimum atomic E-state index is 0.179. The summed E-state index contributed by atoms with van der Waals surface area (Å²) in [7, 11) is 0. The standard InChI is InChI=1S/C16H20BrN3O2/c1-2-16(8-21-9-16)10-22-13-6-5-12-15(14(13)17)18-19-20(12)7-11-3-4-11/h5-6,11H,2-4,7-10H2,1H3. The van der Waals surface area contributed by atoms with Crippen LogP contribution in [-0.2, 0) is 11.3 Å². The van der Waals surface area contributed by atoms with Gasteiger partial charge in [0.15, 0.2) is 0 Å². The number of benzene rings is 1. The van der Waals surface area contributed by atoms with E-state index in [0.717, 1.165) is 53.4 Å². The SMILES string of the molecule is CCC1(COc2ccc3c(nnn3CC3CC3)c2Br)COC1. The maximum atomic E-state index is 6.04. The third-order valence-corrected chi connectivity index (χ3v) is 5.58. The first-order valence-electron chi connectivity index (χ1n) is 7.93. The monoisotopic (exact) mass is 365 g/mol. The van der Waals surface area contributed by atoms with Gasteiger partial charge in [-0.15, -0.1) is 5.10 Å². The molecule has 1 aliphatic carbocycles. The molecule has 2 aliphatic rings. The molecule has 2 heterocycles. The van der Waals surface area contributed by atoms with E-state index in [2.05, 4.69) is 39.2 Å². The van der Waals surface area contributed by atoms with Crippen molar-refractivity contribution in [3.8, 4) is 5.75 Å². The Bertz CT molecular complexity index is 686. The summed E-state index contributed by atoms with van der Waals surface area (Å²) in [5.74, 6) is 1.62. The Morgan fingerprint density at radius 1 is 1.41 bits per heavy atom. The van der Waals surface area contributed by atoms with Crippen molar-refractivity contribution in [1.82, 2.24) is 15.0 Å². The zero-order valence-corrected chi connectivity index (χ0v) is 14.3. The van der Waals surface area contributed by atoms with Crippen LogP contribution in [0.3, 0.4) is 0 Å². The van der Waals surface area contributed by atoms with Crippen molar-refractivity contribution < 1.29 is 9.47 Å². The normalized spacial score (nSPS) is 20.1. The highest BCUT2D eigenvalue weighted by Gasteiger charge is 2.38. The molecule has 0 bridgehead atoms. The van der Waals surface area contributed by atoms with Crippen molar-refractivity contribution in [2.24, 2.45) is 11.3 Å². The fourth-order valence-electron chi connectivity index (χ4n) is 2.79. The summed E-state index contributed by atoms with van der Waals surface area (Å²) in [4.78, 5) is 0. The molecule has 0 N–H and O–H groups in total. The van der Waals surface area contributed by atoms with Crippen LogP contribution >= 0.6 is 15.9 Å². The summed E-state index contributed by atoms with van der Waals surface area (Å²) >= 11 is 3.63. The molecule has 1 aromatic carbocycles. The molecule has 118 valence electrons. The second-order valence-electron chi connectivity index (χ2n) is 6.60. The fourth-order valence-corrected chi connectivity index (χ4v) is 3.32. The predicted octanol–water partition coefficient (Wildman–Crippen LogP) is 3.41. The lowest BCUT2D eigenvalue weighted by atomic mass is 9.84. The molecule has 0 amide bonds. The van der Waals surface area contributed by atoms with E-state index in [4.69, 9.17) is 9.47 Å². The summed E-state index contributed by atoms with van der Waals surface area (Å²) in [6, 6.07) is 4.08. The number of halogens is 1. The molecule has 0 atom stereocenters. The van der Waals surface area contributed by atoms with Gasteiger partial charge in [0.1, 0.15) is 11.3 Å². The van der Waals surface area contributed by atoms with Crippen LogP contribution in [0, 0.1) is 11.3 Å². The Morgan fingerprint density at radius 2 is 2.23 bits per heavy atom. The number of ether oxygens (including phenoxy) is 2. The summed E-state index contributed by atoms with van der Waals surface area (Å²) in [6.07, 6.45) is 3.69. The number of fused-ring (bicyclic) bond motifs is 1. The zero-order valence-electron chi connectivity index (χ0n) is 12.7. The molecule has 5 nitrogen and oxygen atoms in total. The molecule has 1 aliphatic heterocycles. The van der Waals surface area contributed by atoms with Crippen LogP contribution in [0.15, 0.2) is 16.6 Å². The first-order chi connectivity index (χ1) is 10.7. The van der Waals surface area contributed by atoms with E-state index in [-0.39, 0.29) is 5.41 Å². The molecule has 6 heteroatoms. The summed E-state index contributed by atoms with van der Waals surface area (Å²) < 4.78 is 14.3. The molecule has 2 aromatic rings. The Hall–Kier alpha value is -1.14. The van der Waals surface area contributed by atoms with Gasteiger partial charge in [0.2, 0.25) is 0 Å². The van der Waals surface area contributed by atoms with Gasteiger partial charge in [0.05, 0.1) is 35.2 Å². The summed E-state index contributed by atoms with van der Waals surface area (Å²) in [5, 5.41) is 8.61. The van der Waals surface area contributed by atoms with Gasteiger partial charge >= 0.3 is 0 Å². The van der Waals surface area contributed by atoms with Gasteiger partial charge < -0.3 is 9.47 Å². The van der Waals surface area contributed by atoms with E-state index < -0.39 is 0 Å². The third kappa shape index (κ3) is 2.52. The number of aromatic nitrogens is 3.